The standard InChI is InChI=1S/C29H19ClN4/c30-21-13-11-19(12-14-21)23-15-22(18-7-3-1-4-8-18)24(16-31)28-27(23)26(20-9-5-2-6-10-20)25(17-32)29(33)34-28/h1-14,23H,15H2,(H2,33,34). The molecule has 0 spiro atoms. The van der Waals surface area contributed by atoms with Gasteiger partial charge in [-0.15, -0.1) is 0 Å². The molecule has 1 aliphatic carbocycles. The van der Waals surface area contributed by atoms with Gasteiger partial charge in [-0.25, -0.2) is 4.98 Å². The molecule has 1 aliphatic rings. The molecule has 4 aromatic rings. The Hall–Kier alpha value is -4.38. The van der Waals surface area contributed by atoms with Gasteiger partial charge in [-0.05, 0) is 46.4 Å². The van der Waals surface area contributed by atoms with E-state index >= 15 is 0 Å². The molecule has 5 rings (SSSR count). The van der Waals surface area contributed by atoms with Crippen molar-refractivity contribution < 1.29 is 0 Å². The van der Waals surface area contributed by atoms with Gasteiger partial charge in [0.05, 0.1) is 11.3 Å². The normalized spacial score (nSPS) is 14.7. The molecule has 0 saturated heterocycles. The smallest absolute Gasteiger partial charge is 0.142 e. The van der Waals surface area contributed by atoms with Gasteiger partial charge < -0.3 is 5.73 Å². The first-order valence-corrected chi connectivity index (χ1v) is 11.2. The number of aromatic nitrogens is 1. The molecular weight excluding hydrogens is 440 g/mol. The second-order valence-corrected chi connectivity index (χ2v) is 8.56. The summed E-state index contributed by atoms with van der Waals surface area (Å²) in [5.41, 5.74) is 13.0. The van der Waals surface area contributed by atoms with E-state index in [1.807, 2.05) is 84.9 Å². The minimum Gasteiger partial charge on any atom is -0.383 e. The molecule has 1 unspecified atom stereocenters. The van der Waals surface area contributed by atoms with Crippen molar-refractivity contribution >= 4 is 28.6 Å². The van der Waals surface area contributed by atoms with Gasteiger partial charge in [0.15, 0.2) is 0 Å². The lowest BCUT2D eigenvalue weighted by Crippen LogP contribution is -2.17. The summed E-state index contributed by atoms with van der Waals surface area (Å²) in [6.45, 7) is 0. The van der Waals surface area contributed by atoms with Crippen LogP contribution in [0.25, 0.3) is 22.3 Å². The molecule has 5 heteroatoms. The third-order valence-corrected chi connectivity index (χ3v) is 6.49. The Balaban J connectivity index is 1.90. The van der Waals surface area contributed by atoms with Crippen LogP contribution in [0, 0.1) is 22.7 Å². The largest absolute Gasteiger partial charge is 0.383 e. The van der Waals surface area contributed by atoms with Crippen molar-refractivity contribution in [2.45, 2.75) is 12.3 Å². The van der Waals surface area contributed by atoms with Crippen molar-refractivity contribution in [3.8, 4) is 23.3 Å². The van der Waals surface area contributed by atoms with E-state index in [2.05, 4.69) is 17.1 Å². The number of hydrogen-bond acceptors (Lipinski definition) is 4. The molecule has 0 radical (unpaired) electrons. The van der Waals surface area contributed by atoms with E-state index in [0.717, 1.165) is 33.4 Å². The molecule has 34 heavy (non-hydrogen) atoms. The maximum Gasteiger partial charge on any atom is 0.142 e. The molecule has 1 aromatic heterocycles. The first-order valence-electron chi connectivity index (χ1n) is 10.9. The van der Waals surface area contributed by atoms with E-state index in [0.29, 0.717) is 28.3 Å². The highest BCUT2D eigenvalue weighted by atomic mass is 35.5. The van der Waals surface area contributed by atoms with Crippen molar-refractivity contribution in [2.75, 3.05) is 5.73 Å². The third kappa shape index (κ3) is 3.61. The number of pyridine rings is 1. The zero-order chi connectivity index (χ0) is 23.7. The van der Waals surface area contributed by atoms with Gasteiger partial charge in [0.2, 0.25) is 0 Å². The average molecular weight is 459 g/mol. The molecule has 0 amide bonds. The van der Waals surface area contributed by atoms with Gasteiger partial charge >= 0.3 is 0 Å². The van der Waals surface area contributed by atoms with Crippen LogP contribution in [-0.2, 0) is 0 Å². The summed E-state index contributed by atoms with van der Waals surface area (Å²) in [7, 11) is 0. The molecule has 0 fully saturated rings. The first kappa shape index (κ1) is 21.5. The van der Waals surface area contributed by atoms with Crippen LogP contribution in [0.5, 0.6) is 0 Å². The zero-order valence-electron chi connectivity index (χ0n) is 18.2. The SMILES string of the molecule is N#CC1=C(c2ccccc2)CC(c2ccc(Cl)cc2)c2c1nc(N)c(C#N)c2-c1ccccc1. The van der Waals surface area contributed by atoms with Gasteiger partial charge in [-0.3, -0.25) is 0 Å². The number of nitrogen functional groups attached to an aromatic ring is 1. The van der Waals surface area contributed by atoms with Crippen LogP contribution in [0.2, 0.25) is 5.02 Å². The minimum atomic E-state index is -0.144. The Morgan fingerprint density at radius 2 is 1.44 bits per heavy atom. The number of fused-ring (bicyclic) bond motifs is 1. The summed E-state index contributed by atoms with van der Waals surface area (Å²) < 4.78 is 0. The van der Waals surface area contributed by atoms with E-state index in [9.17, 15) is 10.5 Å². The Morgan fingerprint density at radius 1 is 0.824 bits per heavy atom. The predicted molar refractivity (Wildman–Crippen MR) is 136 cm³/mol. The van der Waals surface area contributed by atoms with Crippen LogP contribution >= 0.6 is 11.6 Å². The lowest BCUT2D eigenvalue weighted by molar-refractivity contribution is 0.821. The first-order chi connectivity index (χ1) is 16.6. The van der Waals surface area contributed by atoms with E-state index in [-0.39, 0.29) is 11.7 Å². The Morgan fingerprint density at radius 3 is 2.03 bits per heavy atom. The second-order valence-electron chi connectivity index (χ2n) is 8.13. The molecule has 4 nitrogen and oxygen atoms in total. The van der Waals surface area contributed by atoms with Crippen molar-refractivity contribution in [1.29, 1.82) is 10.5 Å². The minimum absolute atomic E-state index is 0.122. The quantitative estimate of drug-likeness (QED) is 0.364. The summed E-state index contributed by atoms with van der Waals surface area (Å²) in [4.78, 5) is 4.64. The Kier molecular flexibility index (Phi) is 5.60. The van der Waals surface area contributed by atoms with Crippen LogP contribution in [0.1, 0.15) is 40.3 Å². The number of nitriles is 2. The molecule has 2 N–H and O–H groups in total. The van der Waals surface area contributed by atoms with Gasteiger partial charge in [-0.2, -0.15) is 10.5 Å². The lowest BCUT2D eigenvalue weighted by Gasteiger charge is -2.31. The highest BCUT2D eigenvalue weighted by Gasteiger charge is 2.34. The fraction of sp³-hybridized carbons (Fsp3) is 0.0690. The molecule has 0 bridgehead atoms. The number of hydrogen-bond donors (Lipinski definition) is 1. The van der Waals surface area contributed by atoms with Gasteiger partial charge in [0, 0.05) is 16.5 Å². The summed E-state index contributed by atoms with van der Waals surface area (Å²) in [6, 6.07) is 31.9. The zero-order valence-corrected chi connectivity index (χ0v) is 18.9. The van der Waals surface area contributed by atoms with Crippen molar-refractivity contribution in [3.05, 3.63) is 118 Å². The Bertz CT molecular complexity index is 1490. The number of benzene rings is 3. The van der Waals surface area contributed by atoms with Crippen LogP contribution < -0.4 is 5.73 Å². The van der Waals surface area contributed by atoms with Crippen molar-refractivity contribution in [3.63, 3.8) is 0 Å². The van der Waals surface area contributed by atoms with Crippen molar-refractivity contribution in [1.82, 2.24) is 4.98 Å². The molecule has 0 aliphatic heterocycles. The fourth-order valence-electron chi connectivity index (χ4n) is 4.72. The number of nitrogens with zero attached hydrogens (tertiary/aromatic N) is 3. The van der Waals surface area contributed by atoms with Crippen LogP contribution in [0.15, 0.2) is 84.9 Å². The molecule has 3 aromatic carbocycles. The highest BCUT2D eigenvalue weighted by molar-refractivity contribution is 6.30. The molecular formula is C29H19ClN4. The third-order valence-electron chi connectivity index (χ3n) is 6.24. The van der Waals surface area contributed by atoms with Gasteiger partial charge in [0.1, 0.15) is 23.5 Å². The van der Waals surface area contributed by atoms with E-state index in [1.54, 1.807) is 0 Å². The highest BCUT2D eigenvalue weighted by Crippen LogP contribution is 2.50. The van der Waals surface area contributed by atoms with E-state index in [1.165, 1.54) is 0 Å². The van der Waals surface area contributed by atoms with Gasteiger partial charge in [0.25, 0.3) is 0 Å². The number of rotatable bonds is 3. The summed E-state index contributed by atoms with van der Waals surface area (Å²) in [5, 5.41) is 21.0. The molecule has 1 heterocycles. The maximum atomic E-state index is 10.3. The van der Waals surface area contributed by atoms with Crippen LogP contribution in [-0.4, -0.2) is 4.98 Å². The fourth-order valence-corrected chi connectivity index (χ4v) is 4.84. The predicted octanol–water partition coefficient (Wildman–Crippen LogP) is 6.83. The second kappa shape index (κ2) is 8.87. The van der Waals surface area contributed by atoms with Gasteiger partial charge in [-0.1, -0.05) is 84.4 Å². The van der Waals surface area contributed by atoms with Crippen LogP contribution in [0.4, 0.5) is 5.82 Å². The number of anilines is 1. The maximum absolute atomic E-state index is 10.3. The summed E-state index contributed by atoms with van der Waals surface area (Å²) in [5.74, 6) is -0.0213. The lowest BCUT2D eigenvalue weighted by atomic mass is 9.73. The average Bonchev–Trinajstić information content (AvgIpc) is 2.88. The molecule has 162 valence electrons. The topological polar surface area (TPSA) is 86.5 Å². The van der Waals surface area contributed by atoms with E-state index < -0.39 is 0 Å². The molecule has 1 atom stereocenters. The summed E-state index contributed by atoms with van der Waals surface area (Å²) >= 11 is 6.19. The number of nitrogens with two attached hydrogens (primary N) is 1. The van der Waals surface area contributed by atoms with E-state index in [4.69, 9.17) is 17.3 Å². The monoisotopic (exact) mass is 458 g/mol. The van der Waals surface area contributed by atoms with Crippen LogP contribution in [0.3, 0.4) is 0 Å². The number of allylic oxidation sites excluding steroid dienone is 2. The molecule has 0 saturated carbocycles. The van der Waals surface area contributed by atoms with Crippen molar-refractivity contribution in [2.24, 2.45) is 0 Å². The Labute approximate surface area is 203 Å². The summed E-state index contributed by atoms with van der Waals surface area (Å²) in [6.07, 6.45) is 0.581. The number of halogens is 1.